The average Bonchev–Trinajstić information content (AvgIpc) is 1.90. The number of hydrogen-bond acceptors (Lipinski definition) is 0. The third-order valence-electron chi connectivity index (χ3n) is 1.48. The van der Waals surface area contributed by atoms with Crippen LogP contribution in [0.3, 0.4) is 0 Å². The smallest absolute Gasteiger partial charge is 0.0310 e. The predicted octanol–water partition coefficient (Wildman–Crippen LogP) is 3.29. The van der Waals surface area contributed by atoms with Crippen molar-refractivity contribution in [3.8, 4) is 0 Å². The van der Waals surface area contributed by atoms with Gasteiger partial charge in [0, 0.05) is 0 Å². The van der Waals surface area contributed by atoms with Gasteiger partial charge < -0.3 is 0 Å². The first-order valence-corrected chi connectivity index (χ1v) is 3.29. The summed E-state index contributed by atoms with van der Waals surface area (Å²) in [4.78, 5) is 0. The van der Waals surface area contributed by atoms with Gasteiger partial charge >= 0.3 is 0 Å². The van der Waals surface area contributed by atoms with Crippen molar-refractivity contribution < 1.29 is 0 Å². The standard InChI is InChI=1S/C8H12.HI/c1-2-8-6-4-3-5-7-8;/h4,6-7H,2-3,5H2,1H3;1H. The van der Waals surface area contributed by atoms with Crippen molar-refractivity contribution in [1.29, 1.82) is 0 Å². The first-order valence-electron chi connectivity index (χ1n) is 3.29. The molecule has 1 rings (SSSR count). The molecule has 0 spiro atoms. The Hall–Kier alpha value is 0.210. The second-order valence-electron chi connectivity index (χ2n) is 2.11. The molecule has 0 aromatic carbocycles. The minimum absolute atomic E-state index is 0. The molecule has 0 saturated heterocycles. The van der Waals surface area contributed by atoms with Crippen LogP contribution in [-0.4, -0.2) is 0 Å². The molecule has 0 bridgehead atoms. The van der Waals surface area contributed by atoms with Gasteiger partial charge in [0.05, 0.1) is 0 Å². The second-order valence-corrected chi connectivity index (χ2v) is 2.11. The first-order chi connectivity index (χ1) is 3.93. The Bertz CT molecular complexity index is 123. The summed E-state index contributed by atoms with van der Waals surface area (Å²) in [6.07, 6.45) is 10.5. The highest BCUT2D eigenvalue weighted by atomic mass is 127. The SMILES string of the molecule is CCC1=CCCC=C1.I. The highest BCUT2D eigenvalue weighted by Crippen LogP contribution is 2.11. The molecule has 0 amide bonds. The van der Waals surface area contributed by atoms with Crippen molar-refractivity contribution in [2.24, 2.45) is 0 Å². The van der Waals surface area contributed by atoms with E-state index in [2.05, 4.69) is 25.2 Å². The maximum Gasteiger partial charge on any atom is -0.0310 e. The van der Waals surface area contributed by atoms with Crippen molar-refractivity contribution in [2.45, 2.75) is 26.2 Å². The summed E-state index contributed by atoms with van der Waals surface area (Å²) in [7, 11) is 0. The van der Waals surface area contributed by atoms with E-state index < -0.39 is 0 Å². The number of halogens is 1. The number of rotatable bonds is 1. The molecule has 0 N–H and O–H groups in total. The molecule has 0 saturated carbocycles. The molecule has 0 aromatic heterocycles. The molecular weight excluding hydrogens is 223 g/mol. The number of hydrogen-bond donors (Lipinski definition) is 0. The molecule has 0 aliphatic heterocycles. The summed E-state index contributed by atoms with van der Waals surface area (Å²) >= 11 is 0. The lowest BCUT2D eigenvalue weighted by molar-refractivity contribution is 0.984. The maximum atomic E-state index is 2.32. The van der Waals surface area contributed by atoms with Crippen LogP contribution < -0.4 is 0 Å². The van der Waals surface area contributed by atoms with Crippen molar-refractivity contribution in [3.63, 3.8) is 0 Å². The minimum atomic E-state index is 0. The third kappa shape index (κ3) is 3.04. The Morgan fingerprint density at radius 1 is 1.44 bits per heavy atom. The van der Waals surface area contributed by atoms with Crippen LogP contribution in [0.1, 0.15) is 26.2 Å². The molecule has 0 unspecified atom stereocenters. The zero-order chi connectivity index (χ0) is 5.82. The second kappa shape index (κ2) is 5.03. The molecule has 0 fully saturated rings. The Kier molecular flexibility index (Phi) is 5.15. The summed E-state index contributed by atoms with van der Waals surface area (Å²) in [5.41, 5.74) is 1.50. The minimum Gasteiger partial charge on any atom is -0.107 e. The molecule has 9 heavy (non-hydrogen) atoms. The van der Waals surface area contributed by atoms with Crippen LogP contribution in [-0.2, 0) is 0 Å². The molecule has 0 nitrogen and oxygen atoms in total. The lowest BCUT2D eigenvalue weighted by atomic mass is 10.1. The van der Waals surface area contributed by atoms with Crippen LogP contribution in [0.4, 0.5) is 0 Å². The summed E-state index contributed by atoms with van der Waals surface area (Å²) < 4.78 is 0. The van der Waals surface area contributed by atoms with Gasteiger partial charge in [-0.25, -0.2) is 0 Å². The summed E-state index contributed by atoms with van der Waals surface area (Å²) in [5.74, 6) is 0. The predicted molar refractivity (Wildman–Crippen MR) is 52.2 cm³/mol. The molecule has 0 radical (unpaired) electrons. The summed E-state index contributed by atoms with van der Waals surface area (Å²) in [6, 6.07) is 0. The molecule has 1 aliphatic rings. The summed E-state index contributed by atoms with van der Waals surface area (Å²) in [5, 5.41) is 0. The van der Waals surface area contributed by atoms with Crippen LogP contribution in [0.5, 0.6) is 0 Å². The van der Waals surface area contributed by atoms with Gasteiger partial charge in [-0.3, -0.25) is 0 Å². The number of allylic oxidation sites excluding steroid dienone is 4. The Morgan fingerprint density at radius 3 is 2.56 bits per heavy atom. The monoisotopic (exact) mass is 236 g/mol. The highest BCUT2D eigenvalue weighted by Gasteiger charge is 1.90. The molecule has 1 aliphatic carbocycles. The van der Waals surface area contributed by atoms with Crippen molar-refractivity contribution in [1.82, 2.24) is 0 Å². The van der Waals surface area contributed by atoms with Gasteiger partial charge in [-0.1, -0.05) is 30.7 Å². The van der Waals surface area contributed by atoms with E-state index >= 15 is 0 Å². The van der Waals surface area contributed by atoms with E-state index in [-0.39, 0.29) is 24.0 Å². The molecule has 0 heterocycles. The zero-order valence-electron chi connectivity index (χ0n) is 5.76. The van der Waals surface area contributed by atoms with E-state index in [1.807, 2.05) is 0 Å². The lowest BCUT2D eigenvalue weighted by Crippen LogP contribution is -1.80. The molecule has 52 valence electrons. The fourth-order valence-electron chi connectivity index (χ4n) is 0.930. The van der Waals surface area contributed by atoms with Crippen molar-refractivity contribution in [3.05, 3.63) is 23.8 Å². The van der Waals surface area contributed by atoms with Gasteiger partial charge in [0.1, 0.15) is 0 Å². The highest BCUT2D eigenvalue weighted by molar-refractivity contribution is 14.0. The lowest BCUT2D eigenvalue weighted by Gasteiger charge is -2.01. The van der Waals surface area contributed by atoms with E-state index in [4.69, 9.17) is 0 Å². The van der Waals surface area contributed by atoms with Crippen LogP contribution >= 0.6 is 24.0 Å². The quantitative estimate of drug-likeness (QED) is 0.613. The Morgan fingerprint density at radius 2 is 2.22 bits per heavy atom. The molecule has 0 aromatic rings. The maximum absolute atomic E-state index is 2.32. The zero-order valence-corrected chi connectivity index (χ0v) is 8.09. The van der Waals surface area contributed by atoms with Gasteiger partial charge in [0.2, 0.25) is 0 Å². The van der Waals surface area contributed by atoms with Gasteiger partial charge in [0.25, 0.3) is 0 Å². The molecular formula is C8H13I. The summed E-state index contributed by atoms with van der Waals surface area (Å²) in [6.45, 7) is 2.20. The molecule has 1 heteroatoms. The average molecular weight is 236 g/mol. The van der Waals surface area contributed by atoms with E-state index in [9.17, 15) is 0 Å². The van der Waals surface area contributed by atoms with E-state index in [0.29, 0.717) is 0 Å². The Labute approximate surface area is 74.1 Å². The fourth-order valence-corrected chi connectivity index (χ4v) is 0.930. The van der Waals surface area contributed by atoms with Crippen LogP contribution in [0.2, 0.25) is 0 Å². The largest absolute Gasteiger partial charge is 0.107 e. The van der Waals surface area contributed by atoms with Crippen molar-refractivity contribution >= 4 is 24.0 Å². The molecule has 0 atom stereocenters. The van der Waals surface area contributed by atoms with Crippen molar-refractivity contribution in [2.75, 3.05) is 0 Å². The Balaban J connectivity index is 0.000000640. The normalized spacial score (nSPS) is 16.3. The topological polar surface area (TPSA) is 0 Å². The third-order valence-corrected chi connectivity index (χ3v) is 1.48. The van der Waals surface area contributed by atoms with Gasteiger partial charge in [-0.15, -0.1) is 24.0 Å². The fraction of sp³-hybridized carbons (Fsp3) is 0.500. The first kappa shape index (κ1) is 9.21. The van der Waals surface area contributed by atoms with Gasteiger partial charge in [0.15, 0.2) is 0 Å². The van der Waals surface area contributed by atoms with Crippen LogP contribution in [0.25, 0.3) is 0 Å². The van der Waals surface area contributed by atoms with E-state index in [0.717, 1.165) is 0 Å². The van der Waals surface area contributed by atoms with E-state index in [1.54, 1.807) is 0 Å². The van der Waals surface area contributed by atoms with Crippen LogP contribution in [0.15, 0.2) is 23.8 Å². The van der Waals surface area contributed by atoms with Gasteiger partial charge in [-0.05, 0) is 19.3 Å². The van der Waals surface area contributed by atoms with Crippen LogP contribution in [0, 0.1) is 0 Å². The van der Waals surface area contributed by atoms with E-state index in [1.165, 1.54) is 24.8 Å². The van der Waals surface area contributed by atoms with Gasteiger partial charge in [-0.2, -0.15) is 0 Å².